The molecule has 37 heavy (non-hydrogen) atoms. The fourth-order valence-corrected chi connectivity index (χ4v) is 3.58. The maximum absolute atomic E-state index is 13.1. The molecule has 15 heteroatoms. The molecule has 0 spiro atoms. The molecule has 0 atom stereocenters. The summed E-state index contributed by atoms with van der Waals surface area (Å²) in [5, 5.41) is 11.6. The van der Waals surface area contributed by atoms with Crippen molar-refractivity contribution in [3.05, 3.63) is 28.0 Å². The normalized spacial score (nSPS) is 12.2. The molecule has 1 aromatic heterocycles. The highest BCUT2D eigenvalue weighted by Gasteiger charge is 2.30. The lowest BCUT2D eigenvalue weighted by molar-refractivity contribution is -0.402. The van der Waals surface area contributed by atoms with Gasteiger partial charge in [-0.3, -0.25) is 42.9 Å². The Labute approximate surface area is 215 Å². The second-order valence-corrected chi connectivity index (χ2v) is 12.1. The van der Waals surface area contributed by atoms with E-state index in [1.165, 1.54) is 13.1 Å². The summed E-state index contributed by atoms with van der Waals surface area (Å²) >= 11 is 0. The Balaban J connectivity index is 2.63. The number of hydrogen-bond donors (Lipinski definition) is 0. The maximum Gasteiger partial charge on any atom is 0.433 e. The van der Waals surface area contributed by atoms with E-state index in [4.69, 9.17) is 27.8 Å². The molecular weight excluding hydrogens is 515 g/mol. The molecule has 0 unspecified atom stereocenters. The minimum atomic E-state index is -3.94. The van der Waals surface area contributed by atoms with E-state index < -0.39 is 60.7 Å². The van der Waals surface area contributed by atoms with Crippen molar-refractivity contribution >= 4 is 31.3 Å². The number of carbonyl (C=O) groups is 3. The number of nitro groups is 1. The van der Waals surface area contributed by atoms with Crippen LogP contribution in [0.2, 0.25) is 0 Å². The lowest BCUT2D eigenvalue weighted by atomic mass is 9.98. The molecule has 0 saturated carbocycles. The lowest BCUT2D eigenvalue weighted by Gasteiger charge is -2.22. The van der Waals surface area contributed by atoms with Crippen LogP contribution in [0.25, 0.3) is 0 Å². The minimum absolute atomic E-state index is 0.0243. The van der Waals surface area contributed by atoms with Crippen molar-refractivity contribution in [2.75, 3.05) is 26.8 Å². The van der Waals surface area contributed by atoms with Crippen LogP contribution in [0.3, 0.4) is 0 Å². The quantitative estimate of drug-likeness (QED) is 0.106. The fourth-order valence-electron chi connectivity index (χ4n) is 2.28. The number of hydrogen-bond acceptors (Lipinski definition) is 12. The number of rotatable bonds is 14. The molecule has 1 aromatic rings. The third-order valence-corrected chi connectivity index (χ3v) is 6.37. The fraction of sp³-hybridized carbons (Fsp3) is 0.682. The summed E-state index contributed by atoms with van der Waals surface area (Å²) in [4.78, 5) is 51.4. The predicted molar refractivity (Wildman–Crippen MR) is 128 cm³/mol. The molecule has 0 saturated heterocycles. The van der Waals surface area contributed by atoms with Crippen molar-refractivity contribution in [1.82, 2.24) is 5.06 Å². The standard InChI is InChI=1S/C22H35N2O12P/c1-21(2,3)19(26)31-14-34-37(30,35-15-32-20(27)22(4,5)6)12-8-9-17(25)23(7)33-13-16-10-11-18(36-16)24(28)29/h10-11H,8-9,12-15H2,1-7H3. The molecule has 1 amide bonds. The highest BCUT2D eigenvalue weighted by atomic mass is 31.2. The van der Waals surface area contributed by atoms with Crippen LogP contribution in [0, 0.1) is 20.9 Å². The molecule has 0 fully saturated rings. The van der Waals surface area contributed by atoms with Crippen molar-refractivity contribution in [2.45, 2.75) is 61.0 Å². The molecule has 0 bridgehead atoms. The smallest absolute Gasteiger partial charge is 0.433 e. The molecule has 1 heterocycles. The van der Waals surface area contributed by atoms with Crippen LogP contribution in [-0.2, 0) is 48.9 Å². The van der Waals surface area contributed by atoms with Crippen LogP contribution in [0.15, 0.2) is 16.5 Å². The number of nitrogens with zero attached hydrogens (tertiary/aromatic N) is 2. The van der Waals surface area contributed by atoms with E-state index in [-0.39, 0.29) is 31.4 Å². The van der Waals surface area contributed by atoms with Crippen LogP contribution >= 0.6 is 7.60 Å². The zero-order valence-corrected chi connectivity index (χ0v) is 23.0. The first-order chi connectivity index (χ1) is 16.9. The van der Waals surface area contributed by atoms with Crippen molar-refractivity contribution in [2.24, 2.45) is 10.8 Å². The van der Waals surface area contributed by atoms with Crippen LogP contribution in [0.4, 0.5) is 5.88 Å². The van der Waals surface area contributed by atoms with E-state index in [0.717, 1.165) is 11.1 Å². The van der Waals surface area contributed by atoms with E-state index in [2.05, 4.69) is 0 Å². The second-order valence-electron chi connectivity index (χ2n) is 9.96. The van der Waals surface area contributed by atoms with Crippen molar-refractivity contribution in [1.29, 1.82) is 0 Å². The zero-order valence-electron chi connectivity index (χ0n) is 22.1. The highest BCUT2D eigenvalue weighted by Crippen LogP contribution is 2.49. The topological polar surface area (TPSA) is 174 Å². The largest absolute Gasteiger partial charge is 0.438 e. The average Bonchev–Trinajstić information content (AvgIpc) is 3.25. The van der Waals surface area contributed by atoms with Gasteiger partial charge in [-0.1, -0.05) is 0 Å². The van der Waals surface area contributed by atoms with Gasteiger partial charge in [0.2, 0.25) is 19.5 Å². The highest BCUT2D eigenvalue weighted by molar-refractivity contribution is 7.53. The monoisotopic (exact) mass is 550 g/mol. The van der Waals surface area contributed by atoms with Gasteiger partial charge in [-0.05, 0) is 54.0 Å². The number of esters is 2. The molecule has 14 nitrogen and oxygen atoms in total. The number of carbonyl (C=O) groups excluding carboxylic acids is 3. The van der Waals surface area contributed by atoms with E-state index in [0.29, 0.717) is 0 Å². The Morgan fingerprint density at radius 1 is 1.00 bits per heavy atom. The SMILES string of the molecule is CN(OCc1ccc([N+](=O)[O-])o1)C(=O)CCCP(=O)(OCOC(=O)C(C)(C)C)OCOC(=O)C(C)(C)C. The van der Waals surface area contributed by atoms with Gasteiger partial charge in [0.1, 0.15) is 17.3 Å². The molecule has 0 radical (unpaired) electrons. The molecule has 0 aliphatic carbocycles. The average molecular weight is 550 g/mol. The Kier molecular flexibility index (Phi) is 11.9. The minimum Gasteiger partial charge on any atom is -0.438 e. The summed E-state index contributed by atoms with van der Waals surface area (Å²) in [6, 6.07) is 2.51. The van der Waals surface area contributed by atoms with Gasteiger partial charge >= 0.3 is 25.4 Å². The van der Waals surface area contributed by atoms with Crippen LogP contribution in [0.5, 0.6) is 0 Å². The van der Waals surface area contributed by atoms with Gasteiger partial charge < -0.3 is 13.9 Å². The summed E-state index contributed by atoms with van der Waals surface area (Å²) in [6.07, 6.45) is -0.358. The summed E-state index contributed by atoms with van der Waals surface area (Å²) in [5.41, 5.74) is -1.62. The Morgan fingerprint density at radius 2 is 1.51 bits per heavy atom. The zero-order chi connectivity index (χ0) is 28.4. The van der Waals surface area contributed by atoms with Gasteiger partial charge in [-0.2, -0.15) is 0 Å². The number of hydroxylamine groups is 2. The molecule has 0 N–H and O–H groups in total. The molecule has 0 aliphatic heterocycles. The predicted octanol–water partition coefficient (Wildman–Crippen LogP) is 4.18. The maximum atomic E-state index is 13.1. The first-order valence-electron chi connectivity index (χ1n) is 11.3. The molecule has 0 aromatic carbocycles. The summed E-state index contributed by atoms with van der Waals surface area (Å²) in [5.74, 6) is -1.98. The summed E-state index contributed by atoms with van der Waals surface area (Å²) in [7, 11) is -2.60. The first-order valence-corrected chi connectivity index (χ1v) is 13.0. The third-order valence-electron chi connectivity index (χ3n) is 4.51. The number of furan rings is 1. The van der Waals surface area contributed by atoms with Gasteiger partial charge in [-0.25, -0.2) is 5.06 Å². The van der Waals surface area contributed by atoms with Gasteiger partial charge in [0.15, 0.2) is 0 Å². The lowest BCUT2D eigenvalue weighted by Crippen LogP contribution is -2.27. The van der Waals surface area contributed by atoms with Crippen molar-refractivity contribution in [3.8, 4) is 0 Å². The Morgan fingerprint density at radius 3 is 1.95 bits per heavy atom. The van der Waals surface area contributed by atoms with Gasteiger partial charge in [-0.15, -0.1) is 0 Å². The summed E-state index contributed by atoms with van der Waals surface area (Å²) < 4.78 is 38.5. The van der Waals surface area contributed by atoms with Crippen LogP contribution in [-0.4, -0.2) is 54.6 Å². The van der Waals surface area contributed by atoms with Gasteiger partial charge in [0.25, 0.3) is 0 Å². The number of ether oxygens (including phenoxy) is 2. The van der Waals surface area contributed by atoms with E-state index in [9.17, 15) is 29.1 Å². The van der Waals surface area contributed by atoms with Gasteiger partial charge in [0.05, 0.1) is 23.1 Å². The third kappa shape index (κ3) is 11.9. The van der Waals surface area contributed by atoms with E-state index in [1.807, 2.05) is 0 Å². The van der Waals surface area contributed by atoms with Crippen LogP contribution in [0.1, 0.15) is 60.1 Å². The number of amides is 1. The molecular formula is C22H35N2O12P. The Bertz CT molecular complexity index is 957. The second kappa shape index (κ2) is 13.7. The molecule has 1 rings (SSSR count). The van der Waals surface area contributed by atoms with Crippen molar-refractivity contribution < 1.29 is 51.6 Å². The van der Waals surface area contributed by atoms with E-state index >= 15 is 0 Å². The van der Waals surface area contributed by atoms with Crippen LogP contribution < -0.4 is 0 Å². The Hall–Kier alpha value is -2.80. The first kappa shape index (κ1) is 32.2. The van der Waals surface area contributed by atoms with Crippen molar-refractivity contribution in [3.63, 3.8) is 0 Å². The van der Waals surface area contributed by atoms with E-state index in [1.54, 1.807) is 41.5 Å². The van der Waals surface area contributed by atoms with Gasteiger partial charge in [0, 0.05) is 13.5 Å². The molecule has 210 valence electrons. The molecule has 0 aliphatic rings. The summed E-state index contributed by atoms with van der Waals surface area (Å²) in [6.45, 7) is 8.26.